The summed E-state index contributed by atoms with van der Waals surface area (Å²) in [6.07, 6.45) is 3.05. The molecular formula is C14H18Cl2O. The molecule has 1 N–H and O–H groups in total. The minimum absolute atomic E-state index is 0.244. The summed E-state index contributed by atoms with van der Waals surface area (Å²) in [7, 11) is 0. The Kier molecular flexibility index (Phi) is 3.72. The van der Waals surface area contributed by atoms with Crippen LogP contribution in [0.4, 0.5) is 0 Å². The lowest BCUT2D eigenvalue weighted by Gasteiger charge is -2.41. The van der Waals surface area contributed by atoms with E-state index in [0.29, 0.717) is 16.0 Å². The van der Waals surface area contributed by atoms with E-state index in [1.807, 2.05) is 25.1 Å². The lowest BCUT2D eigenvalue weighted by Crippen LogP contribution is -2.39. The van der Waals surface area contributed by atoms with Gasteiger partial charge in [0, 0.05) is 0 Å². The van der Waals surface area contributed by atoms with Crippen molar-refractivity contribution < 1.29 is 5.11 Å². The van der Waals surface area contributed by atoms with Crippen LogP contribution in [-0.2, 0) is 0 Å². The molecule has 0 aromatic heterocycles. The Morgan fingerprint density at radius 2 is 2.00 bits per heavy atom. The van der Waals surface area contributed by atoms with Crippen LogP contribution in [0.3, 0.4) is 0 Å². The smallest absolute Gasteiger partial charge is 0.0651 e. The summed E-state index contributed by atoms with van der Waals surface area (Å²) in [5.74, 6) is 0.613. The highest BCUT2D eigenvalue weighted by Crippen LogP contribution is 2.44. The monoisotopic (exact) mass is 272 g/mol. The third kappa shape index (κ3) is 2.62. The maximum absolute atomic E-state index is 10.3. The molecule has 1 fully saturated rings. The van der Waals surface area contributed by atoms with Crippen molar-refractivity contribution in [1.29, 1.82) is 0 Å². The summed E-state index contributed by atoms with van der Waals surface area (Å²) in [6.45, 7) is 4.05. The fraction of sp³-hybridized carbons (Fsp3) is 0.571. The summed E-state index contributed by atoms with van der Waals surface area (Å²) >= 11 is 12.0. The maximum atomic E-state index is 10.3. The van der Waals surface area contributed by atoms with Gasteiger partial charge in [0.05, 0.1) is 15.6 Å². The van der Waals surface area contributed by atoms with Gasteiger partial charge in [0.1, 0.15) is 0 Å². The average molecular weight is 273 g/mol. The molecule has 1 aliphatic rings. The van der Waals surface area contributed by atoms with Gasteiger partial charge < -0.3 is 5.11 Å². The number of halogens is 2. The minimum atomic E-state index is -0.574. The van der Waals surface area contributed by atoms with Gasteiger partial charge in [-0.15, -0.1) is 0 Å². The van der Waals surface area contributed by atoms with Crippen LogP contribution < -0.4 is 0 Å². The van der Waals surface area contributed by atoms with Crippen LogP contribution >= 0.6 is 23.2 Å². The zero-order chi connectivity index (χ0) is 12.6. The first kappa shape index (κ1) is 13.2. The van der Waals surface area contributed by atoms with E-state index in [0.717, 1.165) is 19.3 Å². The van der Waals surface area contributed by atoms with Crippen molar-refractivity contribution in [1.82, 2.24) is 0 Å². The van der Waals surface area contributed by atoms with E-state index < -0.39 is 5.60 Å². The third-order valence-electron chi connectivity index (χ3n) is 4.15. The first-order chi connectivity index (χ1) is 7.92. The van der Waals surface area contributed by atoms with Gasteiger partial charge in [-0.05, 0) is 55.7 Å². The van der Waals surface area contributed by atoms with E-state index in [2.05, 4.69) is 6.92 Å². The molecule has 3 unspecified atom stereocenters. The zero-order valence-corrected chi connectivity index (χ0v) is 11.7. The normalized spacial score (nSPS) is 33.7. The van der Waals surface area contributed by atoms with Gasteiger partial charge in [-0.1, -0.05) is 36.2 Å². The molecule has 1 aromatic carbocycles. The Morgan fingerprint density at radius 1 is 1.29 bits per heavy atom. The minimum Gasteiger partial charge on any atom is -0.390 e. The Morgan fingerprint density at radius 3 is 2.65 bits per heavy atom. The van der Waals surface area contributed by atoms with E-state index in [9.17, 15) is 5.11 Å². The third-order valence-corrected chi connectivity index (χ3v) is 4.89. The molecule has 94 valence electrons. The number of benzene rings is 1. The molecule has 1 aliphatic carbocycles. The van der Waals surface area contributed by atoms with Gasteiger partial charge in [-0.2, -0.15) is 0 Å². The van der Waals surface area contributed by atoms with Crippen LogP contribution in [0.1, 0.15) is 44.6 Å². The molecule has 0 aliphatic heterocycles. The molecule has 1 saturated carbocycles. The molecule has 0 amide bonds. The van der Waals surface area contributed by atoms with Crippen molar-refractivity contribution in [2.45, 2.75) is 44.6 Å². The Labute approximate surface area is 113 Å². The van der Waals surface area contributed by atoms with Gasteiger partial charge in [0.15, 0.2) is 0 Å². The van der Waals surface area contributed by atoms with Crippen LogP contribution in [0.25, 0.3) is 0 Å². The van der Waals surface area contributed by atoms with Crippen LogP contribution in [-0.4, -0.2) is 10.7 Å². The highest BCUT2D eigenvalue weighted by molar-refractivity contribution is 6.42. The lowest BCUT2D eigenvalue weighted by atomic mass is 9.68. The van der Waals surface area contributed by atoms with Crippen molar-refractivity contribution in [3.8, 4) is 0 Å². The fourth-order valence-corrected chi connectivity index (χ4v) is 3.10. The summed E-state index contributed by atoms with van der Waals surface area (Å²) < 4.78 is 0. The Bertz CT molecular complexity index is 415. The van der Waals surface area contributed by atoms with E-state index >= 15 is 0 Å². The maximum Gasteiger partial charge on any atom is 0.0651 e. The molecule has 3 heteroatoms. The highest BCUT2D eigenvalue weighted by Gasteiger charge is 2.38. The second kappa shape index (κ2) is 4.79. The van der Waals surface area contributed by atoms with Gasteiger partial charge in [-0.3, -0.25) is 0 Å². The van der Waals surface area contributed by atoms with Crippen molar-refractivity contribution in [3.63, 3.8) is 0 Å². The van der Waals surface area contributed by atoms with Crippen molar-refractivity contribution >= 4 is 23.2 Å². The van der Waals surface area contributed by atoms with Crippen molar-refractivity contribution in [2.75, 3.05) is 0 Å². The average Bonchev–Trinajstić information content (AvgIpc) is 2.26. The Balaban J connectivity index is 2.29. The number of hydrogen-bond acceptors (Lipinski definition) is 1. The SMILES string of the molecule is CC1C(c2ccc(Cl)c(Cl)c2)CCCC1(C)O. The summed E-state index contributed by atoms with van der Waals surface area (Å²) in [5, 5.41) is 11.5. The van der Waals surface area contributed by atoms with Gasteiger partial charge in [0.2, 0.25) is 0 Å². The van der Waals surface area contributed by atoms with Gasteiger partial charge in [-0.25, -0.2) is 0 Å². The Hall–Kier alpha value is -0.240. The van der Waals surface area contributed by atoms with Gasteiger partial charge in [0.25, 0.3) is 0 Å². The van der Waals surface area contributed by atoms with E-state index in [-0.39, 0.29) is 5.92 Å². The summed E-state index contributed by atoms with van der Waals surface area (Å²) in [4.78, 5) is 0. The number of hydrogen-bond donors (Lipinski definition) is 1. The molecule has 1 nitrogen and oxygen atoms in total. The fourth-order valence-electron chi connectivity index (χ4n) is 2.79. The zero-order valence-electron chi connectivity index (χ0n) is 10.2. The molecule has 0 radical (unpaired) electrons. The number of rotatable bonds is 1. The summed E-state index contributed by atoms with van der Waals surface area (Å²) in [6, 6.07) is 5.80. The molecule has 0 saturated heterocycles. The molecule has 0 spiro atoms. The largest absolute Gasteiger partial charge is 0.390 e. The second-order valence-electron chi connectivity index (χ2n) is 5.32. The first-order valence-electron chi connectivity index (χ1n) is 6.09. The van der Waals surface area contributed by atoms with Crippen molar-refractivity contribution in [2.24, 2.45) is 5.92 Å². The quantitative estimate of drug-likeness (QED) is 0.789. The second-order valence-corrected chi connectivity index (χ2v) is 6.13. The van der Waals surface area contributed by atoms with Crippen LogP contribution in [0, 0.1) is 5.92 Å². The van der Waals surface area contributed by atoms with Crippen LogP contribution in [0.5, 0.6) is 0 Å². The van der Waals surface area contributed by atoms with E-state index in [4.69, 9.17) is 23.2 Å². The topological polar surface area (TPSA) is 20.2 Å². The molecule has 17 heavy (non-hydrogen) atoms. The first-order valence-corrected chi connectivity index (χ1v) is 6.85. The lowest BCUT2D eigenvalue weighted by molar-refractivity contribution is -0.0342. The molecule has 1 aromatic rings. The van der Waals surface area contributed by atoms with E-state index in [1.165, 1.54) is 5.56 Å². The predicted molar refractivity (Wildman–Crippen MR) is 72.8 cm³/mol. The molecule has 0 heterocycles. The molecule has 2 rings (SSSR count). The van der Waals surface area contributed by atoms with E-state index in [1.54, 1.807) is 0 Å². The van der Waals surface area contributed by atoms with Crippen molar-refractivity contribution in [3.05, 3.63) is 33.8 Å². The molecule has 3 atom stereocenters. The predicted octanol–water partition coefficient (Wildman–Crippen LogP) is 4.65. The number of aliphatic hydroxyl groups is 1. The molecular weight excluding hydrogens is 255 g/mol. The van der Waals surface area contributed by atoms with Crippen LogP contribution in [0.2, 0.25) is 10.0 Å². The van der Waals surface area contributed by atoms with Crippen LogP contribution in [0.15, 0.2) is 18.2 Å². The molecule has 0 bridgehead atoms. The summed E-state index contributed by atoms with van der Waals surface area (Å²) in [5.41, 5.74) is 0.613. The standard InChI is InChI=1S/C14H18Cl2O/c1-9-11(4-3-7-14(9,2)17)10-5-6-12(15)13(16)8-10/h5-6,8-9,11,17H,3-4,7H2,1-2H3. The highest BCUT2D eigenvalue weighted by atomic mass is 35.5. The van der Waals surface area contributed by atoms with Gasteiger partial charge >= 0.3 is 0 Å².